The molecule has 0 saturated heterocycles. The van der Waals surface area contributed by atoms with Crippen molar-refractivity contribution < 1.29 is 27.9 Å². The summed E-state index contributed by atoms with van der Waals surface area (Å²) in [7, 11) is 0. The Bertz CT molecular complexity index is 697. The standard InChI is InChI=1S/C17H19ClF3NO3/c1-15(2,14(24)25)7-8-22-13(23)16(5-6-16)11-9-10(17(19,20)21)3-4-12(11)18/h3-4,9H,5-8H2,1-2H3,(H,22,23)(H,24,25). The van der Waals surface area contributed by atoms with Crippen LogP contribution < -0.4 is 5.32 Å². The molecular formula is C17H19ClF3NO3. The van der Waals surface area contributed by atoms with Crippen LogP contribution in [0.15, 0.2) is 18.2 Å². The third-order valence-electron chi connectivity index (χ3n) is 4.61. The number of hydrogen-bond donors (Lipinski definition) is 2. The first-order chi connectivity index (χ1) is 11.4. The van der Waals surface area contributed by atoms with E-state index >= 15 is 0 Å². The number of alkyl halides is 3. The van der Waals surface area contributed by atoms with Crippen molar-refractivity contribution in [3.63, 3.8) is 0 Å². The number of nitrogens with one attached hydrogen (secondary N) is 1. The molecule has 0 heterocycles. The second-order valence-electron chi connectivity index (χ2n) is 6.97. The topological polar surface area (TPSA) is 66.4 Å². The molecule has 0 atom stereocenters. The molecule has 2 rings (SSSR count). The van der Waals surface area contributed by atoms with Gasteiger partial charge in [-0.1, -0.05) is 11.6 Å². The summed E-state index contributed by atoms with van der Waals surface area (Å²) in [6.45, 7) is 3.20. The van der Waals surface area contributed by atoms with Gasteiger partial charge in [0.1, 0.15) is 0 Å². The van der Waals surface area contributed by atoms with Gasteiger partial charge >= 0.3 is 12.1 Å². The van der Waals surface area contributed by atoms with Gasteiger partial charge in [-0.15, -0.1) is 0 Å². The van der Waals surface area contributed by atoms with Crippen LogP contribution in [-0.2, 0) is 21.2 Å². The number of carbonyl (C=O) groups is 2. The maximum Gasteiger partial charge on any atom is 0.416 e. The normalized spacial score (nSPS) is 16.4. The Balaban J connectivity index is 2.14. The highest BCUT2D eigenvalue weighted by Crippen LogP contribution is 2.51. The van der Waals surface area contributed by atoms with E-state index < -0.39 is 34.4 Å². The van der Waals surface area contributed by atoms with Crippen LogP contribution in [0.2, 0.25) is 5.02 Å². The van der Waals surface area contributed by atoms with Gasteiger partial charge in [0.05, 0.1) is 16.4 Å². The van der Waals surface area contributed by atoms with Crippen LogP contribution in [0.3, 0.4) is 0 Å². The third kappa shape index (κ3) is 4.08. The summed E-state index contributed by atoms with van der Waals surface area (Å²) >= 11 is 6.04. The molecule has 0 radical (unpaired) electrons. The molecule has 1 aliphatic rings. The van der Waals surface area contributed by atoms with E-state index in [9.17, 15) is 22.8 Å². The van der Waals surface area contributed by atoms with Crippen molar-refractivity contribution >= 4 is 23.5 Å². The number of carboxylic acids is 1. The Labute approximate surface area is 148 Å². The lowest BCUT2D eigenvalue weighted by atomic mass is 9.89. The predicted octanol–water partition coefficient (Wildman–Crippen LogP) is 4.01. The van der Waals surface area contributed by atoms with Gasteiger partial charge in [0, 0.05) is 11.6 Å². The van der Waals surface area contributed by atoms with E-state index in [1.165, 1.54) is 13.8 Å². The highest BCUT2D eigenvalue weighted by molar-refractivity contribution is 6.32. The summed E-state index contributed by atoms with van der Waals surface area (Å²) in [5.41, 5.74) is -2.75. The number of carboxylic acid groups (broad SMARTS) is 1. The monoisotopic (exact) mass is 377 g/mol. The molecule has 1 saturated carbocycles. The lowest BCUT2D eigenvalue weighted by Gasteiger charge is -2.22. The quantitative estimate of drug-likeness (QED) is 0.787. The molecule has 0 bridgehead atoms. The van der Waals surface area contributed by atoms with Crippen LogP contribution in [0.5, 0.6) is 0 Å². The Morgan fingerprint density at radius 2 is 1.88 bits per heavy atom. The Kier molecular flexibility index (Phi) is 5.10. The molecule has 1 fully saturated rings. The second-order valence-corrected chi connectivity index (χ2v) is 7.38. The molecule has 138 valence electrons. The molecule has 0 aliphatic heterocycles. The van der Waals surface area contributed by atoms with E-state index in [4.69, 9.17) is 16.7 Å². The van der Waals surface area contributed by atoms with Crippen molar-refractivity contribution in [3.8, 4) is 0 Å². The summed E-state index contributed by atoms with van der Waals surface area (Å²) in [6, 6.07) is 2.96. The van der Waals surface area contributed by atoms with Gasteiger partial charge in [-0.05, 0) is 56.9 Å². The Morgan fingerprint density at radius 3 is 2.36 bits per heavy atom. The van der Waals surface area contributed by atoms with E-state index in [0.29, 0.717) is 12.8 Å². The van der Waals surface area contributed by atoms with Gasteiger partial charge in [-0.25, -0.2) is 0 Å². The number of hydrogen-bond acceptors (Lipinski definition) is 2. The van der Waals surface area contributed by atoms with Crippen LogP contribution in [-0.4, -0.2) is 23.5 Å². The first-order valence-electron chi connectivity index (χ1n) is 7.79. The Morgan fingerprint density at radius 1 is 1.28 bits per heavy atom. The first-order valence-corrected chi connectivity index (χ1v) is 8.17. The van der Waals surface area contributed by atoms with Crippen molar-refractivity contribution in [2.75, 3.05) is 6.54 Å². The Hall–Kier alpha value is -1.76. The summed E-state index contributed by atoms with van der Waals surface area (Å²) in [4.78, 5) is 23.6. The number of halogens is 4. The molecule has 1 aromatic rings. The number of amides is 1. The SMILES string of the molecule is CC(C)(CCNC(=O)C1(c2cc(C(F)(F)F)ccc2Cl)CC1)C(=O)O. The summed E-state index contributed by atoms with van der Waals surface area (Å²) in [5, 5.41) is 11.8. The molecule has 2 N–H and O–H groups in total. The summed E-state index contributed by atoms with van der Waals surface area (Å²) < 4.78 is 38.8. The summed E-state index contributed by atoms with van der Waals surface area (Å²) in [5.74, 6) is -1.40. The third-order valence-corrected chi connectivity index (χ3v) is 4.94. The lowest BCUT2D eigenvalue weighted by molar-refractivity contribution is -0.147. The minimum absolute atomic E-state index is 0.117. The van der Waals surface area contributed by atoms with Crippen molar-refractivity contribution in [1.82, 2.24) is 5.32 Å². The van der Waals surface area contributed by atoms with Crippen molar-refractivity contribution in [2.45, 2.75) is 44.7 Å². The minimum atomic E-state index is -4.52. The fourth-order valence-electron chi connectivity index (χ4n) is 2.58. The molecule has 4 nitrogen and oxygen atoms in total. The van der Waals surface area contributed by atoms with Gasteiger partial charge in [0.15, 0.2) is 0 Å². The highest BCUT2D eigenvalue weighted by atomic mass is 35.5. The predicted molar refractivity (Wildman–Crippen MR) is 86.4 cm³/mol. The molecular weight excluding hydrogens is 359 g/mol. The molecule has 0 spiro atoms. The van der Waals surface area contributed by atoms with Crippen molar-refractivity contribution in [1.29, 1.82) is 0 Å². The maximum atomic E-state index is 12.9. The molecule has 25 heavy (non-hydrogen) atoms. The maximum absolute atomic E-state index is 12.9. The minimum Gasteiger partial charge on any atom is -0.481 e. The van der Waals surface area contributed by atoms with E-state index in [1.807, 2.05) is 0 Å². The number of rotatable bonds is 6. The van der Waals surface area contributed by atoms with Crippen LogP contribution in [0.4, 0.5) is 13.2 Å². The molecule has 1 aromatic carbocycles. The number of carbonyl (C=O) groups excluding carboxylic acids is 1. The molecule has 1 aliphatic carbocycles. The molecule has 8 heteroatoms. The zero-order valence-electron chi connectivity index (χ0n) is 13.8. The second kappa shape index (κ2) is 6.52. The fourth-order valence-corrected chi connectivity index (χ4v) is 2.88. The van der Waals surface area contributed by atoms with E-state index in [0.717, 1.165) is 18.2 Å². The average Bonchev–Trinajstić information content (AvgIpc) is 3.27. The number of aliphatic carboxylic acids is 1. The largest absolute Gasteiger partial charge is 0.481 e. The zero-order chi connectivity index (χ0) is 19.0. The van der Waals surface area contributed by atoms with Gasteiger partial charge < -0.3 is 10.4 Å². The fraction of sp³-hybridized carbons (Fsp3) is 0.529. The van der Waals surface area contributed by atoms with Crippen molar-refractivity contribution in [2.24, 2.45) is 5.41 Å². The molecule has 0 aromatic heterocycles. The average molecular weight is 378 g/mol. The van der Waals surface area contributed by atoms with Gasteiger partial charge in [-0.3, -0.25) is 9.59 Å². The van der Waals surface area contributed by atoms with Crippen LogP contribution in [0.1, 0.15) is 44.2 Å². The lowest BCUT2D eigenvalue weighted by Crippen LogP contribution is -2.38. The molecule has 0 unspecified atom stereocenters. The van der Waals surface area contributed by atoms with Crippen LogP contribution >= 0.6 is 11.6 Å². The number of benzene rings is 1. The van der Waals surface area contributed by atoms with Gasteiger partial charge in [0.25, 0.3) is 0 Å². The van der Waals surface area contributed by atoms with Crippen LogP contribution in [0, 0.1) is 5.41 Å². The van der Waals surface area contributed by atoms with Crippen LogP contribution in [0.25, 0.3) is 0 Å². The van der Waals surface area contributed by atoms with E-state index in [2.05, 4.69) is 5.32 Å². The first kappa shape index (κ1) is 19.6. The van der Waals surface area contributed by atoms with Gasteiger partial charge in [-0.2, -0.15) is 13.2 Å². The van der Waals surface area contributed by atoms with Crippen molar-refractivity contribution in [3.05, 3.63) is 34.3 Å². The zero-order valence-corrected chi connectivity index (χ0v) is 14.6. The van der Waals surface area contributed by atoms with E-state index in [1.54, 1.807) is 0 Å². The smallest absolute Gasteiger partial charge is 0.416 e. The summed E-state index contributed by atoms with van der Waals surface area (Å²) in [6.07, 6.45) is -3.50. The highest BCUT2D eigenvalue weighted by Gasteiger charge is 2.53. The van der Waals surface area contributed by atoms with E-state index in [-0.39, 0.29) is 23.6 Å². The van der Waals surface area contributed by atoms with Gasteiger partial charge in [0.2, 0.25) is 5.91 Å². The molecule has 1 amide bonds.